The van der Waals surface area contributed by atoms with Crippen molar-refractivity contribution in [1.29, 1.82) is 0 Å². The van der Waals surface area contributed by atoms with E-state index in [1.54, 1.807) is 0 Å². The molecule has 1 aromatic rings. The van der Waals surface area contributed by atoms with Gasteiger partial charge < -0.3 is 10.2 Å². The number of hydrogen-bond donors (Lipinski definition) is 1. The minimum atomic E-state index is 0.00552. The summed E-state index contributed by atoms with van der Waals surface area (Å²) in [6, 6.07) is 8.09. The summed E-state index contributed by atoms with van der Waals surface area (Å²) < 4.78 is 0. The lowest BCUT2D eigenvalue weighted by molar-refractivity contribution is 0.118. The number of anilines is 1. The summed E-state index contributed by atoms with van der Waals surface area (Å²) >= 11 is 0. The summed E-state index contributed by atoms with van der Waals surface area (Å²) in [6.45, 7) is 7.81. The first kappa shape index (κ1) is 17.7. The summed E-state index contributed by atoms with van der Waals surface area (Å²) in [7, 11) is 0. The van der Waals surface area contributed by atoms with E-state index in [1.165, 1.54) is 11.1 Å². The number of para-hydroxylation sites is 1. The van der Waals surface area contributed by atoms with Crippen LogP contribution in [0.4, 0.5) is 10.5 Å². The van der Waals surface area contributed by atoms with Crippen molar-refractivity contribution in [3.05, 3.63) is 53.6 Å². The smallest absolute Gasteiger partial charge is 0.311 e. The van der Waals surface area contributed by atoms with E-state index in [2.05, 4.69) is 48.4 Å². The van der Waals surface area contributed by atoms with Crippen LogP contribution in [0.3, 0.4) is 0 Å². The van der Waals surface area contributed by atoms with Gasteiger partial charge in [-0.1, -0.05) is 50.3 Å². The molecule has 1 N–H and O–H groups in total. The molecule has 1 aliphatic carbocycles. The molecule has 0 unspecified atom stereocenters. The number of nitrogens with one attached hydrogen (secondary N) is 1. The van der Waals surface area contributed by atoms with Gasteiger partial charge in [0, 0.05) is 25.3 Å². The number of carbonyl (C=O) groups excluding carboxylic acids is 1. The zero-order valence-electron chi connectivity index (χ0n) is 15.4. The number of urea groups is 1. The molecule has 1 aromatic carbocycles. The number of nitrogens with zero attached hydrogens (tertiary/aromatic N) is 2. The maximum atomic E-state index is 12.7. The Balaban J connectivity index is 1.60. The van der Waals surface area contributed by atoms with E-state index in [9.17, 15) is 4.79 Å². The summed E-state index contributed by atoms with van der Waals surface area (Å²) in [6.07, 6.45) is 10.1. The predicted molar refractivity (Wildman–Crippen MR) is 104 cm³/mol. The van der Waals surface area contributed by atoms with Gasteiger partial charge in [-0.25, -0.2) is 4.79 Å². The standard InChI is InChI=1S/C21H29N3O/c1-17(2)19-11-6-7-12-20(19)22-21(25)24-14-8-13-23(16-24)15-18-9-4-3-5-10-18/h4,6-7,9-12,17H,3,5,8,13-16H2,1-2H3,(H,22,25). The van der Waals surface area contributed by atoms with Gasteiger partial charge in [0.1, 0.15) is 0 Å². The van der Waals surface area contributed by atoms with Crippen LogP contribution in [0, 0.1) is 0 Å². The van der Waals surface area contributed by atoms with Crippen LogP contribution < -0.4 is 5.32 Å². The number of rotatable bonds is 4. The molecule has 4 heteroatoms. The van der Waals surface area contributed by atoms with Gasteiger partial charge >= 0.3 is 6.03 Å². The molecule has 2 amide bonds. The first-order chi connectivity index (χ1) is 12.1. The maximum absolute atomic E-state index is 12.7. The minimum absolute atomic E-state index is 0.00552. The van der Waals surface area contributed by atoms with Gasteiger partial charge in [0.05, 0.1) is 6.67 Å². The van der Waals surface area contributed by atoms with Crippen molar-refractivity contribution in [1.82, 2.24) is 9.80 Å². The van der Waals surface area contributed by atoms with Crippen LogP contribution in [0.5, 0.6) is 0 Å². The van der Waals surface area contributed by atoms with Gasteiger partial charge in [-0.05, 0) is 42.4 Å². The van der Waals surface area contributed by atoms with Crippen LogP contribution in [0.1, 0.15) is 44.6 Å². The average Bonchev–Trinajstić information content (AvgIpc) is 2.63. The molecule has 4 nitrogen and oxygen atoms in total. The van der Waals surface area contributed by atoms with E-state index < -0.39 is 0 Å². The monoisotopic (exact) mass is 339 g/mol. The third kappa shape index (κ3) is 4.73. The van der Waals surface area contributed by atoms with Crippen molar-refractivity contribution in [3.8, 4) is 0 Å². The summed E-state index contributed by atoms with van der Waals surface area (Å²) in [5.41, 5.74) is 3.48. The lowest BCUT2D eigenvalue weighted by Gasteiger charge is -2.36. The van der Waals surface area contributed by atoms with E-state index in [0.29, 0.717) is 12.6 Å². The molecular formula is C21H29N3O. The van der Waals surface area contributed by atoms with Crippen molar-refractivity contribution < 1.29 is 4.79 Å². The fourth-order valence-corrected chi connectivity index (χ4v) is 3.51. The molecule has 0 radical (unpaired) electrons. The largest absolute Gasteiger partial charge is 0.322 e. The van der Waals surface area contributed by atoms with Crippen molar-refractivity contribution in [2.45, 2.75) is 39.0 Å². The molecule has 1 heterocycles. The number of benzene rings is 1. The van der Waals surface area contributed by atoms with Gasteiger partial charge in [-0.3, -0.25) is 4.90 Å². The molecule has 1 aliphatic heterocycles. The predicted octanol–water partition coefficient (Wildman–Crippen LogP) is 4.58. The number of allylic oxidation sites excluding steroid dienone is 2. The molecule has 0 spiro atoms. The molecule has 0 bridgehead atoms. The molecule has 3 rings (SSSR count). The minimum Gasteiger partial charge on any atom is -0.311 e. The number of hydrogen-bond acceptors (Lipinski definition) is 2. The van der Waals surface area contributed by atoms with Gasteiger partial charge in [-0.15, -0.1) is 0 Å². The first-order valence-electron chi connectivity index (χ1n) is 9.36. The summed E-state index contributed by atoms with van der Waals surface area (Å²) in [5.74, 6) is 0.388. The van der Waals surface area contributed by atoms with E-state index in [4.69, 9.17) is 0 Å². The third-order valence-electron chi connectivity index (χ3n) is 4.86. The van der Waals surface area contributed by atoms with Gasteiger partial charge in [0.2, 0.25) is 0 Å². The molecule has 134 valence electrons. The second-order valence-electron chi connectivity index (χ2n) is 7.24. The van der Waals surface area contributed by atoms with Crippen LogP contribution in [0.15, 0.2) is 48.1 Å². The van der Waals surface area contributed by atoms with Crippen molar-refractivity contribution in [2.75, 3.05) is 31.6 Å². The van der Waals surface area contributed by atoms with Crippen molar-refractivity contribution >= 4 is 11.7 Å². The summed E-state index contributed by atoms with van der Waals surface area (Å²) in [4.78, 5) is 17.0. The van der Waals surface area contributed by atoms with Crippen molar-refractivity contribution in [3.63, 3.8) is 0 Å². The fraction of sp³-hybridized carbons (Fsp3) is 0.476. The Morgan fingerprint density at radius 2 is 2.04 bits per heavy atom. The first-order valence-corrected chi connectivity index (χ1v) is 9.36. The molecule has 25 heavy (non-hydrogen) atoms. The summed E-state index contributed by atoms with van der Waals surface area (Å²) in [5, 5.41) is 3.12. The van der Waals surface area contributed by atoms with Gasteiger partial charge in [0.25, 0.3) is 0 Å². The molecule has 2 aliphatic rings. The van der Waals surface area contributed by atoms with E-state index in [-0.39, 0.29) is 6.03 Å². The molecule has 1 saturated heterocycles. The second-order valence-corrected chi connectivity index (χ2v) is 7.24. The average molecular weight is 339 g/mol. The molecular weight excluding hydrogens is 310 g/mol. The van der Waals surface area contributed by atoms with Crippen LogP contribution in [0.2, 0.25) is 0 Å². The highest BCUT2D eigenvalue weighted by molar-refractivity contribution is 5.90. The van der Waals surface area contributed by atoms with Crippen LogP contribution in [-0.4, -0.2) is 42.1 Å². The van der Waals surface area contributed by atoms with Crippen LogP contribution in [0.25, 0.3) is 0 Å². The zero-order valence-corrected chi connectivity index (χ0v) is 15.4. The molecule has 0 aromatic heterocycles. The Hall–Kier alpha value is -2.07. The Bertz CT molecular complexity index is 663. The van der Waals surface area contributed by atoms with E-state index >= 15 is 0 Å². The number of amides is 2. The maximum Gasteiger partial charge on any atom is 0.322 e. The molecule has 0 saturated carbocycles. The Kier molecular flexibility index (Phi) is 5.92. The molecule has 0 atom stereocenters. The van der Waals surface area contributed by atoms with Gasteiger partial charge in [-0.2, -0.15) is 0 Å². The Labute approximate surface area is 151 Å². The van der Waals surface area contributed by atoms with E-state index in [1.807, 2.05) is 23.1 Å². The highest BCUT2D eigenvalue weighted by atomic mass is 16.2. The number of carbonyl (C=O) groups is 1. The zero-order chi connectivity index (χ0) is 17.6. The van der Waals surface area contributed by atoms with Gasteiger partial charge in [0.15, 0.2) is 0 Å². The topological polar surface area (TPSA) is 35.6 Å². The highest BCUT2D eigenvalue weighted by Crippen LogP contribution is 2.24. The normalized spacial score (nSPS) is 18.4. The highest BCUT2D eigenvalue weighted by Gasteiger charge is 2.23. The lowest BCUT2D eigenvalue weighted by atomic mass is 10.0. The molecule has 1 fully saturated rings. The van der Waals surface area contributed by atoms with E-state index in [0.717, 1.165) is 44.6 Å². The SMILES string of the molecule is CC(C)c1ccccc1NC(=O)N1CCCN(CC2=CCCC=C2)C1. The quantitative estimate of drug-likeness (QED) is 0.871. The second kappa shape index (κ2) is 8.34. The Morgan fingerprint density at radius 3 is 2.80 bits per heavy atom. The van der Waals surface area contributed by atoms with Crippen LogP contribution >= 0.6 is 0 Å². The third-order valence-corrected chi connectivity index (χ3v) is 4.86. The Morgan fingerprint density at radius 1 is 1.20 bits per heavy atom. The fourth-order valence-electron chi connectivity index (χ4n) is 3.51. The lowest BCUT2D eigenvalue weighted by Crippen LogP contribution is -2.49. The van der Waals surface area contributed by atoms with Crippen LogP contribution in [-0.2, 0) is 0 Å². The van der Waals surface area contributed by atoms with Crippen molar-refractivity contribution in [2.24, 2.45) is 0 Å².